The lowest BCUT2D eigenvalue weighted by molar-refractivity contribution is -0.149. The van der Waals surface area contributed by atoms with Crippen LogP contribution in [0.25, 0.3) is 22.4 Å². The second kappa shape index (κ2) is 11.5. The largest absolute Gasteiger partial charge is 0.492 e. The Balaban J connectivity index is 1.43. The Morgan fingerprint density at radius 3 is 2.43 bits per heavy atom. The van der Waals surface area contributed by atoms with E-state index in [2.05, 4.69) is 72.3 Å². The summed E-state index contributed by atoms with van der Waals surface area (Å²) >= 11 is 0. The van der Waals surface area contributed by atoms with E-state index in [1.54, 1.807) is 6.92 Å². The summed E-state index contributed by atoms with van der Waals surface area (Å²) in [7, 11) is 0. The predicted octanol–water partition coefficient (Wildman–Crippen LogP) is 6.24. The smallest absolute Gasteiger partial charge is 0.333 e. The van der Waals surface area contributed by atoms with E-state index < -0.39 is 12.1 Å². The minimum Gasteiger partial charge on any atom is -0.492 e. The molecule has 3 aromatic carbocycles. The average Bonchev–Trinajstić information content (AvgIpc) is 3.33. The van der Waals surface area contributed by atoms with Gasteiger partial charge in [-0.05, 0) is 60.9 Å². The molecule has 0 aliphatic carbocycles. The van der Waals surface area contributed by atoms with Crippen molar-refractivity contribution in [2.24, 2.45) is 0 Å². The maximum Gasteiger partial charge on any atom is 0.333 e. The number of ether oxygens (including phenoxy) is 2. The SMILES string of the molecule is CCOC(Cc1ccc(OCCn2cccc2-c2cc(C)ccc2-c2ccccc2)cc1)C(=O)O. The van der Waals surface area contributed by atoms with Crippen molar-refractivity contribution in [2.75, 3.05) is 13.2 Å². The van der Waals surface area contributed by atoms with Crippen LogP contribution in [-0.4, -0.2) is 35.0 Å². The maximum absolute atomic E-state index is 11.3. The first kappa shape index (κ1) is 24.3. The Morgan fingerprint density at radius 2 is 1.71 bits per heavy atom. The molecule has 180 valence electrons. The van der Waals surface area contributed by atoms with Gasteiger partial charge in [-0.25, -0.2) is 4.79 Å². The summed E-state index contributed by atoms with van der Waals surface area (Å²) in [6.45, 7) is 5.51. The van der Waals surface area contributed by atoms with Gasteiger partial charge >= 0.3 is 5.97 Å². The molecule has 0 aliphatic rings. The van der Waals surface area contributed by atoms with Gasteiger partial charge in [0.05, 0.1) is 6.54 Å². The van der Waals surface area contributed by atoms with Crippen LogP contribution < -0.4 is 4.74 Å². The number of aliphatic carboxylic acids is 1. The number of nitrogens with zero attached hydrogens (tertiary/aromatic N) is 1. The minimum atomic E-state index is -0.946. The second-order valence-corrected chi connectivity index (χ2v) is 8.48. The van der Waals surface area contributed by atoms with Crippen LogP contribution in [-0.2, 0) is 22.5 Å². The van der Waals surface area contributed by atoms with E-state index in [4.69, 9.17) is 9.47 Å². The summed E-state index contributed by atoms with van der Waals surface area (Å²) in [6.07, 6.45) is 1.58. The number of hydrogen-bond donors (Lipinski definition) is 1. The molecule has 0 radical (unpaired) electrons. The summed E-state index contributed by atoms with van der Waals surface area (Å²) in [5, 5.41) is 9.28. The zero-order valence-corrected chi connectivity index (χ0v) is 20.2. The highest BCUT2D eigenvalue weighted by atomic mass is 16.5. The Morgan fingerprint density at radius 1 is 0.943 bits per heavy atom. The molecule has 5 nitrogen and oxygen atoms in total. The number of carboxylic acids is 1. The molecule has 0 bridgehead atoms. The van der Waals surface area contributed by atoms with E-state index in [1.165, 1.54) is 22.3 Å². The Kier molecular flexibility index (Phi) is 8.01. The van der Waals surface area contributed by atoms with E-state index in [0.717, 1.165) is 17.0 Å². The summed E-state index contributed by atoms with van der Waals surface area (Å²) in [5.41, 5.74) is 6.88. The van der Waals surface area contributed by atoms with E-state index in [0.29, 0.717) is 26.2 Å². The van der Waals surface area contributed by atoms with E-state index in [1.807, 2.05) is 30.3 Å². The normalized spacial score (nSPS) is 11.8. The first-order valence-electron chi connectivity index (χ1n) is 11.9. The highest BCUT2D eigenvalue weighted by Gasteiger charge is 2.18. The van der Waals surface area contributed by atoms with Gasteiger partial charge in [0, 0.05) is 30.5 Å². The molecule has 1 N–H and O–H groups in total. The molecule has 35 heavy (non-hydrogen) atoms. The summed E-state index contributed by atoms with van der Waals surface area (Å²) in [4.78, 5) is 11.3. The molecular formula is C30H31NO4. The molecule has 0 saturated heterocycles. The van der Waals surface area contributed by atoms with Gasteiger partial charge in [-0.3, -0.25) is 0 Å². The van der Waals surface area contributed by atoms with Gasteiger partial charge in [0.25, 0.3) is 0 Å². The molecule has 1 heterocycles. The molecule has 1 unspecified atom stereocenters. The second-order valence-electron chi connectivity index (χ2n) is 8.48. The van der Waals surface area contributed by atoms with Crippen molar-refractivity contribution in [2.45, 2.75) is 32.9 Å². The molecule has 0 amide bonds. The zero-order chi connectivity index (χ0) is 24.6. The molecule has 0 spiro atoms. The van der Waals surface area contributed by atoms with Crippen molar-refractivity contribution in [3.05, 3.63) is 102 Å². The van der Waals surface area contributed by atoms with Crippen molar-refractivity contribution in [1.82, 2.24) is 4.57 Å². The fraction of sp³-hybridized carbons (Fsp3) is 0.233. The fourth-order valence-electron chi connectivity index (χ4n) is 4.21. The van der Waals surface area contributed by atoms with Crippen LogP contribution in [0.5, 0.6) is 5.75 Å². The molecule has 1 aromatic heterocycles. The number of hydrogen-bond acceptors (Lipinski definition) is 3. The number of carbonyl (C=O) groups is 1. The first-order valence-corrected chi connectivity index (χ1v) is 11.9. The van der Waals surface area contributed by atoms with Crippen LogP contribution in [0.3, 0.4) is 0 Å². The zero-order valence-electron chi connectivity index (χ0n) is 20.2. The molecule has 1 atom stereocenters. The van der Waals surface area contributed by atoms with Gasteiger partial charge < -0.3 is 19.1 Å². The van der Waals surface area contributed by atoms with E-state index in [-0.39, 0.29) is 0 Å². The molecule has 0 aliphatic heterocycles. The van der Waals surface area contributed by atoms with Crippen molar-refractivity contribution < 1.29 is 19.4 Å². The average molecular weight is 470 g/mol. The van der Waals surface area contributed by atoms with Crippen LogP contribution in [0.2, 0.25) is 0 Å². The molecule has 4 rings (SSSR count). The number of carboxylic acid groups (broad SMARTS) is 1. The van der Waals surface area contributed by atoms with Gasteiger partial charge in [0.15, 0.2) is 6.10 Å². The summed E-state index contributed by atoms with van der Waals surface area (Å²) in [6, 6.07) is 28.8. The maximum atomic E-state index is 11.3. The number of aromatic nitrogens is 1. The number of benzene rings is 3. The summed E-state index contributed by atoms with van der Waals surface area (Å²) in [5.74, 6) is -0.190. The van der Waals surface area contributed by atoms with Gasteiger partial charge in [-0.1, -0.05) is 60.2 Å². The van der Waals surface area contributed by atoms with Crippen LogP contribution in [0.1, 0.15) is 18.1 Å². The highest BCUT2D eigenvalue weighted by molar-refractivity contribution is 5.82. The Labute approximate surface area is 206 Å². The minimum absolute atomic E-state index is 0.330. The van der Waals surface area contributed by atoms with Crippen LogP contribution in [0, 0.1) is 6.92 Å². The highest BCUT2D eigenvalue weighted by Crippen LogP contribution is 2.33. The van der Waals surface area contributed by atoms with Crippen LogP contribution in [0.4, 0.5) is 0 Å². The summed E-state index contributed by atoms with van der Waals surface area (Å²) < 4.78 is 13.5. The van der Waals surface area contributed by atoms with Crippen LogP contribution >= 0.6 is 0 Å². The van der Waals surface area contributed by atoms with Crippen LogP contribution in [0.15, 0.2) is 91.1 Å². The van der Waals surface area contributed by atoms with Gasteiger partial charge in [0.2, 0.25) is 0 Å². The van der Waals surface area contributed by atoms with Crippen molar-refractivity contribution in [3.63, 3.8) is 0 Å². The lowest BCUT2D eigenvalue weighted by Gasteiger charge is -2.15. The molecule has 0 saturated carbocycles. The Hall–Kier alpha value is -3.83. The lowest BCUT2D eigenvalue weighted by atomic mass is 9.96. The third kappa shape index (κ3) is 6.19. The number of aryl methyl sites for hydroxylation is 1. The third-order valence-electron chi connectivity index (χ3n) is 5.95. The van der Waals surface area contributed by atoms with Crippen molar-refractivity contribution >= 4 is 5.97 Å². The standard InChI is InChI=1S/C30H31NO4/c1-3-34-29(30(32)33)21-23-12-14-25(15-13-23)35-19-18-31-17-7-10-28(31)27-20-22(2)11-16-26(27)24-8-5-4-6-9-24/h4-17,20,29H,3,18-19,21H2,1-2H3,(H,32,33). The molecule has 0 fully saturated rings. The number of rotatable bonds is 11. The quantitative estimate of drug-likeness (QED) is 0.282. The molecular weight excluding hydrogens is 438 g/mol. The topological polar surface area (TPSA) is 60.7 Å². The fourth-order valence-corrected chi connectivity index (χ4v) is 4.21. The predicted molar refractivity (Wildman–Crippen MR) is 139 cm³/mol. The lowest BCUT2D eigenvalue weighted by Crippen LogP contribution is -2.26. The molecule has 5 heteroatoms. The molecule has 4 aromatic rings. The van der Waals surface area contributed by atoms with Gasteiger partial charge in [-0.2, -0.15) is 0 Å². The van der Waals surface area contributed by atoms with Crippen molar-refractivity contribution in [1.29, 1.82) is 0 Å². The van der Waals surface area contributed by atoms with E-state index >= 15 is 0 Å². The Bertz CT molecular complexity index is 1250. The van der Waals surface area contributed by atoms with E-state index in [9.17, 15) is 9.90 Å². The van der Waals surface area contributed by atoms with Gasteiger partial charge in [0.1, 0.15) is 12.4 Å². The monoisotopic (exact) mass is 469 g/mol. The van der Waals surface area contributed by atoms with Gasteiger partial charge in [-0.15, -0.1) is 0 Å². The first-order chi connectivity index (χ1) is 17.0. The van der Waals surface area contributed by atoms with Crippen molar-refractivity contribution in [3.8, 4) is 28.1 Å². The third-order valence-corrected chi connectivity index (χ3v) is 5.95.